The third-order valence-electron chi connectivity index (χ3n) is 3.50. The van der Waals surface area contributed by atoms with Crippen LogP contribution in [0.5, 0.6) is 0 Å². The Kier molecular flexibility index (Phi) is 6.11. The largest absolute Gasteiger partial charge is 0.303 e. The van der Waals surface area contributed by atoms with E-state index in [-0.39, 0.29) is 0 Å². The molecule has 0 aromatic rings. The number of hydrogen-bond donors (Lipinski definition) is 0. The van der Waals surface area contributed by atoms with Crippen molar-refractivity contribution in [2.75, 3.05) is 25.0 Å². The summed E-state index contributed by atoms with van der Waals surface area (Å²) in [6, 6.07) is 0. The maximum Gasteiger partial charge on any atom is 0.00717 e. The van der Waals surface area contributed by atoms with Gasteiger partial charge in [-0.05, 0) is 31.2 Å². The normalized spacial score (nSPS) is 19.7. The Hall–Kier alpha value is 0.440. The molecule has 1 aliphatic carbocycles. The Morgan fingerprint density at radius 1 is 1.36 bits per heavy atom. The lowest BCUT2D eigenvalue weighted by molar-refractivity contribution is 0.167. The Morgan fingerprint density at radius 2 is 2.07 bits per heavy atom. The number of alkyl halides is 1. The molecule has 1 fully saturated rings. The Morgan fingerprint density at radius 3 is 2.43 bits per heavy atom. The van der Waals surface area contributed by atoms with Gasteiger partial charge in [-0.3, -0.25) is 0 Å². The minimum absolute atomic E-state index is 0.843. The van der Waals surface area contributed by atoms with Crippen molar-refractivity contribution in [3.05, 3.63) is 0 Å². The Labute approximate surface area is 97.4 Å². The first-order valence-corrected chi connectivity index (χ1v) is 7.20. The van der Waals surface area contributed by atoms with E-state index in [9.17, 15) is 0 Å². The summed E-state index contributed by atoms with van der Waals surface area (Å²) < 4.78 is 0. The van der Waals surface area contributed by atoms with Gasteiger partial charge in [-0.1, -0.05) is 42.6 Å². The third kappa shape index (κ3) is 3.90. The molecule has 0 aromatic carbocycles. The van der Waals surface area contributed by atoms with Gasteiger partial charge in [-0.25, -0.2) is 0 Å². The van der Waals surface area contributed by atoms with Crippen LogP contribution in [-0.4, -0.2) is 29.9 Å². The van der Waals surface area contributed by atoms with Gasteiger partial charge in [0.25, 0.3) is 0 Å². The maximum atomic E-state index is 3.60. The molecule has 0 bridgehead atoms. The predicted octanol–water partition coefficient (Wildman–Crippen LogP) is 3.53. The molecule has 1 unspecified atom stereocenters. The molecule has 0 amide bonds. The van der Waals surface area contributed by atoms with E-state index in [1.165, 1.54) is 45.3 Å². The third-order valence-corrected chi connectivity index (χ3v) is 4.42. The average molecular weight is 262 g/mol. The fraction of sp³-hybridized carbons (Fsp3) is 1.00. The summed E-state index contributed by atoms with van der Waals surface area (Å²) >= 11 is 3.60. The molecule has 0 heterocycles. The van der Waals surface area contributed by atoms with Gasteiger partial charge in [-0.15, -0.1) is 0 Å². The van der Waals surface area contributed by atoms with E-state index in [0.717, 1.165) is 17.2 Å². The smallest absolute Gasteiger partial charge is 0.00717 e. The first kappa shape index (κ1) is 12.5. The predicted molar refractivity (Wildman–Crippen MR) is 67.0 cm³/mol. The number of nitrogens with zero attached hydrogens (tertiary/aromatic N) is 1. The summed E-state index contributed by atoms with van der Waals surface area (Å²) in [6.07, 6.45) is 5.72. The summed E-state index contributed by atoms with van der Waals surface area (Å²) in [6.45, 7) is 8.44. The highest BCUT2D eigenvalue weighted by molar-refractivity contribution is 9.09. The molecule has 14 heavy (non-hydrogen) atoms. The van der Waals surface area contributed by atoms with Crippen molar-refractivity contribution < 1.29 is 0 Å². The maximum absolute atomic E-state index is 3.60. The zero-order valence-electron chi connectivity index (χ0n) is 9.64. The summed E-state index contributed by atoms with van der Waals surface area (Å²) in [7, 11) is 0. The molecule has 0 saturated heterocycles. The first-order chi connectivity index (χ1) is 6.80. The van der Waals surface area contributed by atoms with Gasteiger partial charge < -0.3 is 4.90 Å². The molecular weight excluding hydrogens is 238 g/mol. The quantitative estimate of drug-likeness (QED) is 0.634. The van der Waals surface area contributed by atoms with Crippen molar-refractivity contribution in [3.63, 3.8) is 0 Å². The van der Waals surface area contributed by atoms with Gasteiger partial charge in [0, 0.05) is 18.4 Å². The lowest BCUT2D eigenvalue weighted by Crippen LogP contribution is -2.36. The van der Waals surface area contributed by atoms with Gasteiger partial charge >= 0.3 is 0 Å². The molecule has 0 aromatic heterocycles. The van der Waals surface area contributed by atoms with Crippen LogP contribution in [0.25, 0.3) is 0 Å². The Bertz CT molecular complexity index is 141. The van der Waals surface area contributed by atoms with E-state index < -0.39 is 0 Å². The van der Waals surface area contributed by atoms with Gasteiger partial charge in [0.15, 0.2) is 0 Å². The second-order valence-electron chi connectivity index (χ2n) is 4.58. The van der Waals surface area contributed by atoms with Crippen LogP contribution in [0, 0.1) is 11.8 Å². The van der Waals surface area contributed by atoms with Crippen LogP contribution in [0.1, 0.15) is 39.5 Å². The lowest BCUT2D eigenvalue weighted by Gasteiger charge is -2.33. The SMILES string of the molecule is CCC(CBr)CN(CC)CC1CCC1. The molecule has 1 nitrogen and oxygen atoms in total. The highest BCUT2D eigenvalue weighted by atomic mass is 79.9. The van der Waals surface area contributed by atoms with Gasteiger partial charge in [0.05, 0.1) is 0 Å². The van der Waals surface area contributed by atoms with Crippen LogP contribution in [0.2, 0.25) is 0 Å². The van der Waals surface area contributed by atoms with Crippen molar-refractivity contribution in [3.8, 4) is 0 Å². The summed E-state index contributed by atoms with van der Waals surface area (Å²) in [4.78, 5) is 2.64. The summed E-state index contributed by atoms with van der Waals surface area (Å²) in [5.74, 6) is 1.86. The molecule has 1 atom stereocenters. The molecular formula is C12H24BrN. The van der Waals surface area contributed by atoms with E-state index in [2.05, 4.69) is 34.7 Å². The topological polar surface area (TPSA) is 3.24 Å². The van der Waals surface area contributed by atoms with E-state index >= 15 is 0 Å². The minimum atomic E-state index is 0.843. The zero-order chi connectivity index (χ0) is 10.4. The number of rotatable bonds is 7. The molecule has 1 rings (SSSR count). The first-order valence-electron chi connectivity index (χ1n) is 6.08. The molecule has 2 heteroatoms. The van der Waals surface area contributed by atoms with E-state index in [1.807, 2.05) is 0 Å². The monoisotopic (exact) mass is 261 g/mol. The van der Waals surface area contributed by atoms with E-state index in [4.69, 9.17) is 0 Å². The molecule has 84 valence electrons. The van der Waals surface area contributed by atoms with Crippen LogP contribution in [0.15, 0.2) is 0 Å². The molecule has 0 aliphatic heterocycles. The van der Waals surface area contributed by atoms with Crippen molar-refractivity contribution in [2.24, 2.45) is 11.8 Å². The zero-order valence-corrected chi connectivity index (χ0v) is 11.2. The average Bonchev–Trinajstić information content (AvgIpc) is 2.16. The summed E-state index contributed by atoms with van der Waals surface area (Å²) in [5, 5.41) is 1.16. The van der Waals surface area contributed by atoms with Crippen molar-refractivity contribution in [1.29, 1.82) is 0 Å². The van der Waals surface area contributed by atoms with Crippen molar-refractivity contribution >= 4 is 15.9 Å². The van der Waals surface area contributed by atoms with Crippen LogP contribution in [0.3, 0.4) is 0 Å². The number of halogens is 1. The van der Waals surface area contributed by atoms with Gasteiger partial charge in [0.1, 0.15) is 0 Å². The van der Waals surface area contributed by atoms with Crippen LogP contribution in [-0.2, 0) is 0 Å². The highest BCUT2D eigenvalue weighted by Gasteiger charge is 2.21. The Balaban J connectivity index is 2.21. The number of hydrogen-bond acceptors (Lipinski definition) is 1. The second-order valence-corrected chi connectivity index (χ2v) is 5.23. The lowest BCUT2D eigenvalue weighted by atomic mass is 9.85. The van der Waals surface area contributed by atoms with Crippen LogP contribution >= 0.6 is 15.9 Å². The molecule has 0 radical (unpaired) electrons. The second kappa shape index (κ2) is 6.84. The van der Waals surface area contributed by atoms with E-state index in [1.54, 1.807) is 0 Å². The fourth-order valence-corrected chi connectivity index (χ4v) is 2.69. The molecule has 1 aliphatic rings. The van der Waals surface area contributed by atoms with Gasteiger partial charge in [-0.2, -0.15) is 0 Å². The van der Waals surface area contributed by atoms with Crippen molar-refractivity contribution in [1.82, 2.24) is 4.90 Å². The van der Waals surface area contributed by atoms with Crippen LogP contribution < -0.4 is 0 Å². The molecule has 0 spiro atoms. The van der Waals surface area contributed by atoms with Gasteiger partial charge in [0.2, 0.25) is 0 Å². The van der Waals surface area contributed by atoms with E-state index in [0.29, 0.717) is 0 Å². The fourth-order valence-electron chi connectivity index (χ4n) is 2.03. The standard InChI is InChI=1S/C12H24BrN/c1-3-11(8-13)9-14(4-2)10-12-6-5-7-12/h11-12H,3-10H2,1-2H3. The highest BCUT2D eigenvalue weighted by Crippen LogP contribution is 2.27. The molecule has 0 N–H and O–H groups in total. The minimum Gasteiger partial charge on any atom is -0.303 e. The summed E-state index contributed by atoms with van der Waals surface area (Å²) in [5.41, 5.74) is 0. The van der Waals surface area contributed by atoms with Crippen LogP contribution in [0.4, 0.5) is 0 Å². The van der Waals surface area contributed by atoms with Crippen molar-refractivity contribution in [2.45, 2.75) is 39.5 Å². The molecule has 1 saturated carbocycles.